The molecule has 4 rings (SSSR count). The Balaban J connectivity index is 0.00000210. The number of nitrogens with zero attached hydrogens (tertiary/aromatic N) is 1. The van der Waals surface area contributed by atoms with Crippen LogP contribution < -0.4 is 14.8 Å². The number of halogens is 1. The first-order chi connectivity index (χ1) is 12.8. The number of carbonyl (C=O) groups excluding carboxylic acids is 1. The molecule has 2 aromatic carbocycles. The average molecular weight is 407 g/mol. The monoisotopic (exact) mass is 406 g/mol. The van der Waals surface area contributed by atoms with E-state index in [1.165, 1.54) is 5.56 Å². The minimum atomic E-state index is 0. The number of nitrogens with one attached hydrogen (secondary N) is 1. The first-order valence-electron chi connectivity index (χ1n) is 8.86. The number of thioether (sulfide) groups is 1. The zero-order valence-electron chi connectivity index (χ0n) is 14.9. The number of fused-ring (bicyclic) bond motifs is 1. The molecule has 0 aliphatic carbocycles. The van der Waals surface area contributed by atoms with Crippen molar-refractivity contribution >= 4 is 30.1 Å². The van der Waals surface area contributed by atoms with Gasteiger partial charge in [-0.1, -0.05) is 36.4 Å². The molecule has 1 unspecified atom stereocenters. The zero-order chi connectivity index (χ0) is 17.8. The Morgan fingerprint density at radius 2 is 1.93 bits per heavy atom. The van der Waals surface area contributed by atoms with Gasteiger partial charge in [-0.05, 0) is 36.2 Å². The maximum Gasteiger partial charge on any atom is 0.233 e. The van der Waals surface area contributed by atoms with Crippen LogP contribution >= 0.6 is 24.2 Å². The summed E-state index contributed by atoms with van der Waals surface area (Å²) in [5, 5.41) is 3.51. The molecule has 144 valence electrons. The number of amides is 1. The van der Waals surface area contributed by atoms with Crippen molar-refractivity contribution in [3.8, 4) is 11.5 Å². The van der Waals surface area contributed by atoms with E-state index in [9.17, 15) is 4.79 Å². The van der Waals surface area contributed by atoms with Crippen LogP contribution in [0.25, 0.3) is 0 Å². The van der Waals surface area contributed by atoms with Gasteiger partial charge in [0.05, 0.1) is 5.75 Å². The van der Waals surface area contributed by atoms with Crippen LogP contribution in [0.5, 0.6) is 11.5 Å². The normalized spacial score (nSPS) is 17.9. The third-order valence-corrected chi connectivity index (χ3v) is 5.83. The number of ether oxygens (including phenoxy) is 2. The fraction of sp³-hybridized carbons (Fsp3) is 0.350. The molecule has 0 bridgehead atoms. The minimum Gasteiger partial charge on any atom is -0.454 e. The molecule has 2 aliphatic rings. The van der Waals surface area contributed by atoms with Crippen LogP contribution in [-0.2, 0) is 11.3 Å². The second kappa shape index (κ2) is 9.35. The molecule has 2 aliphatic heterocycles. The Bertz CT molecular complexity index is 775. The molecular weight excluding hydrogens is 384 g/mol. The second-order valence-electron chi connectivity index (χ2n) is 6.38. The summed E-state index contributed by atoms with van der Waals surface area (Å²) in [5.41, 5.74) is 2.38. The van der Waals surface area contributed by atoms with Crippen molar-refractivity contribution in [3.63, 3.8) is 0 Å². The molecule has 2 heterocycles. The van der Waals surface area contributed by atoms with E-state index in [-0.39, 0.29) is 30.5 Å². The summed E-state index contributed by atoms with van der Waals surface area (Å²) in [7, 11) is 0. The van der Waals surface area contributed by atoms with Crippen molar-refractivity contribution in [1.82, 2.24) is 10.2 Å². The molecule has 1 N–H and O–H groups in total. The largest absolute Gasteiger partial charge is 0.454 e. The van der Waals surface area contributed by atoms with Crippen LogP contribution in [0.4, 0.5) is 0 Å². The van der Waals surface area contributed by atoms with Crippen molar-refractivity contribution in [3.05, 3.63) is 59.7 Å². The number of hydrogen-bond donors (Lipinski definition) is 1. The highest BCUT2D eigenvalue weighted by atomic mass is 35.5. The summed E-state index contributed by atoms with van der Waals surface area (Å²) >= 11 is 1.68. The van der Waals surface area contributed by atoms with Crippen LogP contribution in [0, 0.1) is 0 Å². The van der Waals surface area contributed by atoms with Gasteiger partial charge in [-0.3, -0.25) is 4.79 Å². The van der Waals surface area contributed by atoms with Crippen molar-refractivity contribution in [1.29, 1.82) is 0 Å². The highest BCUT2D eigenvalue weighted by molar-refractivity contribution is 8.00. The predicted octanol–water partition coefficient (Wildman–Crippen LogP) is 3.59. The maximum absolute atomic E-state index is 12.3. The van der Waals surface area contributed by atoms with E-state index < -0.39 is 0 Å². The Labute approximate surface area is 169 Å². The predicted molar refractivity (Wildman–Crippen MR) is 109 cm³/mol. The lowest BCUT2D eigenvalue weighted by atomic mass is 10.1. The van der Waals surface area contributed by atoms with Crippen LogP contribution in [-0.4, -0.2) is 36.4 Å². The molecule has 1 saturated heterocycles. The lowest BCUT2D eigenvalue weighted by Crippen LogP contribution is -2.31. The molecule has 27 heavy (non-hydrogen) atoms. The summed E-state index contributed by atoms with van der Waals surface area (Å²) in [6.45, 7) is 2.77. The molecule has 0 saturated carbocycles. The van der Waals surface area contributed by atoms with Gasteiger partial charge in [0, 0.05) is 13.1 Å². The fourth-order valence-electron chi connectivity index (χ4n) is 3.24. The molecule has 2 aromatic rings. The van der Waals surface area contributed by atoms with Crippen LogP contribution in [0.2, 0.25) is 0 Å². The molecule has 7 heteroatoms. The third kappa shape index (κ3) is 4.69. The van der Waals surface area contributed by atoms with Crippen molar-refractivity contribution in [2.45, 2.75) is 18.3 Å². The third-order valence-electron chi connectivity index (χ3n) is 4.57. The van der Waals surface area contributed by atoms with E-state index in [2.05, 4.69) is 17.4 Å². The van der Waals surface area contributed by atoms with Crippen molar-refractivity contribution < 1.29 is 14.3 Å². The van der Waals surface area contributed by atoms with E-state index in [0.29, 0.717) is 5.75 Å². The SMILES string of the molecule is Cl.O=C1CSC(c2ccc3c(c2)OCO3)N1CCCNCc1ccccc1. The zero-order valence-corrected chi connectivity index (χ0v) is 16.6. The molecule has 0 radical (unpaired) electrons. The standard InChI is InChI=1S/C20H22N2O3S.ClH/c23-19-13-26-20(16-7-8-17-18(11-16)25-14-24-17)22(19)10-4-9-21-12-15-5-2-1-3-6-15;/h1-3,5-8,11,20-21H,4,9-10,12-14H2;1H. The van der Waals surface area contributed by atoms with E-state index in [1.807, 2.05) is 41.3 Å². The lowest BCUT2D eigenvalue weighted by Gasteiger charge is -2.24. The average Bonchev–Trinajstić information content (AvgIpc) is 3.28. The molecule has 1 amide bonds. The summed E-state index contributed by atoms with van der Waals surface area (Å²) in [6, 6.07) is 16.3. The molecule has 1 atom stereocenters. The highest BCUT2D eigenvalue weighted by Gasteiger charge is 2.33. The fourth-order valence-corrected chi connectivity index (χ4v) is 4.45. The molecule has 5 nitrogen and oxygen atoms in total. The van der Waals surface area contributed by atoms with Crippen LogP contribution in [0.15, 0.2) is 48.5 Å². The molecule has 0 aromatic heterocycles. The lowest BCUT2D eigenvalue weighted by molar-refractivity contribution is -0.128. The second-order valence-corrected chi connectivity index (χ2v) is 7.45. The summed E-state index contributed by atoms with van der Waals surface area (Å²) in [4.78, 5) is 14.3. The van der Waals surface area contributed by atoms with Gasteiger partial charge in [-0.25, -0.2) is 0 Å². The molecule has 0 spiro atoms. The van der Waals surface area contributed by atoms with Gasteiger partial charge in [0.15, 0.2) is 11.5 Å². The summed E-state index contributed by atoms with van der Waals surface area (Å²) in [6.07, 6.45) is 0.931. The minimum absolute atomic E-state index is 0. The van der Waals surface area contributed by atoms with E-state index in [1.54, 1.807) is 11.8 Å². The van der Waals surface area contributed by atoms with Gasteiger partial charge in [0.25, 0.3) is 0 Å². The van der Waals surface area contributed by atoms with E-state index >= 15 is 0 Å². The van der Waals surface area contributed by atoms with E-state index in [0.717, 1.165) is 43.1 Å². The van der Waals surface area contributed by atoms with Gasteiger partial charge in [0.1, 0.15) is 5.37 Å². The Hall–Kier alpha value is -1.89. The first-order valence-corrected chi connectivity index (χ1v) is 9.91. The smallest absolute Gasteiger partial charge is 0.233 e. The van der Waals surface area contributed by atoms with Gasteiger partial charge in [-0.15, -0.1) is 24.2 Å². The summed E-state index contributed by atoms with van der Waals surface area (Å²) in [5.74, 6) is 2.30. The van der Waals surface area contributed by atoms with Crippen LogP contribution in [0.3, 0.4) is 0 Å². The summed E-state index contributed by atoms with van der Waals surface area (Å²) < 4.78 is 10.8. The van der Waals surface area contributed by atoms with Crippen molar-refractivity contribution in [2.24, 2.45) is 0 Å². The highest BCUT2D eigenvalue weighted by Crippen LogP contribution is 2.42. The number of benzene rings is 2. The topological polar surface area (TPSA) is 50.8 Å². The number of rotatable bonds is 7. The molecule has 1 fully saturated rings. The van der Waals surface area contributed by atoms with E-state index in [4.69, 9.17) is 9.47 Å². The Morgan fingerprint density at radius 1 is 1.11 bits per heavy atom. The quantitative estimate of drug-likeness (QED) is 0.712. The van der Waals surface area contributed by atoms with Gasteiger partial charge < -0.3 is 19.7 Å². The van der Waals surface area contributed by atoms with Crippen LogP contribution in [0.1, 0.15) is 22.9 Å². The first kappa shape index (κ1) is 19.9. The van der Waals surface area contributed by atoms with Gasteiger partial charge in [-0.2, -0.15) is 0 Å². The van der Waals surface area contributed by atoms with Gasteiger partial charge in [0.2, 0.25) is 12.7 Å². The molecular formula is C20H23ClN2O3S. The Morgan fingerprint density at radius 3 is 2.78 bits per heavy atom. The van der Waals surface area contributed by atoms with Crippen molar-refractivity contribution in [2.75, 3.05) is 25.6 Å². The number of hydrogen-bond acceptors (Lipinski definition) is 5. The van der Waals surface area contributed by atoms with Gasteiger partial charge >= 0.3 is 0 Å². The number of carbonyl (C=O) groups is 1. The maximum atomic E-state index is 12.3. The Kier molecular flexibility index (Phi) is 6.88.